The maximum atomic E-state index is 12.0. The molecule has 0 aliphatic heterocycles. The fourth-order valence-electron chi connectivity index (χ4n) is 3.86. The number of benzene rings is 2. The fourth-order valence-corrected chi connectivity index (χ4v) is 3.90. The zero-order chi connectivity index (χ0) is 24.6. The summed E-state index contributed by atoms with van der Waals surface area (Å²) in [5.41, 5.74) is 2.15. The van der Waals surface area contributed by atoms with Crippen LogP contribution in [-0.4, -0.2) is 18.0 Å². The molecule has 0 amide bonds. The van der Waals surface area contributed by atoms with E-state index in [1.165, 1.54) is 64.2 Å². The minimum Gasteiger partial charge on any atom is -0.494 e. The molecular weight excluding hydrogens is 444 g/mol. The Labute approximate surface area is 212 Å². The molecule has 3 nitrogen and oxygen atoms in total. The summed E-state index contributed by atoms with van der Waals surface area (Å²) in [5.74, 6) is 1.03. The van der Waals surface area contributed by atoms with E-state index in [0.717, 1.165) is 29.9 Å². The lowest BCUT2D eigenvalue weighted by molar-refractivity contribution is -0.134. The van der Waals surface area contributed by atoms with Crippen molar-refractivity contribution in [3.05, 3.63) is 48.5 Å². The molecule has 2 aromatic carbocycles. The lowest BCUT2D eigenvalue weighted by atomic mass is 10.1. The van der Waals surface area contributed by atoms with Crippen LogP contribution >= 0.6 is 11.6 Å². The highest BCUT2D eigenvalue weighted by Crippen LogP contribution is 2.25. The van der Waals surface area contributed by atoms with Gasteiger partial charge in [0.25, 0.3) is 0 Å². The molecule has 0 spiro atoms. The number of halogens is 1. The Morgan fingerprint density at radius 1 is 0.706 bits per heavy atom. The van der Waals surface area contributed by atoms with Gasteiger partial charge in [-0.05, 0) is 47.7 Å². The summed E-state index contributed by atoms with van der Waals surface area (Å²) in [5, 5.41) is -0.641. The van der Waals surface area contributed by atoms with E-state index in [-0.39, 0.29) is 5.92 Å². The van der Waals surface area contributed by atoms with Crippen molar-refractivity contribution in [1.29, 1.82) is 0 Å². The van der Waals surface area contributed by atoms with Gasteiger partial charge < -0.3 is 9.47 Å². The van der Waals surface area contributed by atoms with Crippen LogP contribution in [0.5, 0.6) is 11.5 Å². The predicted molar refractivity (Wildman–Crippen MR) is 144 cm³/mol. The van der Waals surface area contributed by atoms with E-state index in [2.05, 4.69) is 19.1 Å². The van der Waals surface area contributed by atoms with Crippen molar-refractivity contribution in [2.45, 2.75) is 96.8 Å². The van der Waals surface area contributed by atoms with Crippen LogP contribution in [0.2, 0.25) is 0 Å². The van der Waals surface area contributed by atoms with E-state index in [0.29, 0.717) is 5.75 Å². The summed E-state index contributed by atoms with van der Waals surface area (Å²) in [6.45, 7) is 6.84. The molecule has 0 aliphatic carbocycles. The van der Waals surface area contributed by atoms with Gasteiger partial charge in [0, 0.05) is 0 Å². The summed E-state index contributed by atoms with van der Waals surface area (Å²) in [6.07, 6.45) is 14.7. The number of unbranched alkanes of at least 4 members (excludes halogenated alkanes) is 10. The Bertz CT molecular complexity index is 799. The van der Waals surface area contributed by atoms with Crippen molar-refractivity contribution in [2.24, 2.45) is 5.92 Å². The average molecular weight is 487 g/mol. The van der Waals surface area contributed by atoms with Crippen LogP contribution in [0.15, 0.2) is 48.5 Å². The number of esters is 1. The maximum absolute atomic E-state index is 12.0. The molecule has 0 aliphatic rings. The monoisotopic (exact) mass is 486 g/mol. The van der Waals surface area contributed by atoms with Crippen molar-refractivity contribution in [1.82, 2.24) is 0 Å². The van der Waals surface area contributed by atoms with Crippen LogP contribution < -0.4 is 9.47 Å². The van der Waals surface area contributed by atoms with Gasteiger partial charge >= 0.3 is 5.97 Å². The Hall–Kier alpha value is -2.00. The van der Waals surface area contributed by atoms with E-state index >= 15 is 0 Å². The zero-order valence-corrected chi connectivity index (χ0v) is 22.1. The summed E-state index contributed by atoms with van der Waals surface area (Å²) >= 11 is 6.07. The molecule has 4 heteroatoms. The smallest absolute Gasteiger partial charge is 0.329 e. The first-order chi connectivity index (χ1) is 16.5. The summed E-state index contributed by atoms with van der Waals surface area (Å²) in [4.78, 5) is 12.0. The van der Waals surface area contributed by atoms with Gasteiger partial charge in [-0.3, -0.25) is 4.79 Å². The lowest BCUT2D eigenvalue weighted by Gasteiger charge is -2.12. The molecular formula is C30H43ClO3. The topological polar surface area (TPSA) is 35.5 Å². The van der Waals surface area contributed by atoms with Crippen molar-refractivity contribution in [3.63, 3.8) is 0 Å². The highest BCUT2D eigenvalue weighted by atomic mass is 35.5. The minimum atomic E-state index is -0.641. The van der Waals surface area contributed by atoms with Crippen LogP contribution in [0, 0.1) is 5.92 Å². The summed E-state index contributed by atoms with van der Waals surface area (Å²) in [7, 11) is 0. The van der Waals surface area contributed by atoms with Gasteiger partial charge in [-0.25, -0.2) is 0 Å². The van der Waals surface area contributed by atoms with E-state index in [9.17, 15) is 4.79 Å². The van der Waals surface area contributed by atoms with Crippen LogP contribution in [0.1, 0.15) is 91.4 Å². The van der Waals surface area contributed by atoms with E-state index in [1.807, 2.05) is 38.1 Å². The third-order valence-corrected chi connectivity index (χ3v) is 6.77. The van der Waals surface area contributed by atoms with Gasteiger partial charge in [-0.2, -0.15) is 0 Å². The van der Waals surface area contributed by atoms with Crippen molar-refractivity contribution >= 4 is 17.6 Å². The van der Waals surface area contributed by atoms with Gasteiger partial charge in [0.2, 0.25) is 0 Å². The van der Waals surface area contributed by atoms with Crippen molar-refractivity contribution < 1.29 is 14.3 Å². The molecule has 0 radical (unpaired) electrons. The average Bonchev–Trinajstić information content (AvgIpc) is 2.85. The highest BCUT2D eigenvalue weighted by molar-refractivity contribution is 6.30. The Morgan fingerprint density at radius 2 is 1.15 bits per heavy atom. The molecule has 1 atom stereocenters. The molecule has 0 N–H and O–H groups in total. The third-order valence-electron chi connectivity index (χ3n) is 6.09. The van der Waals surface area contributed by atoms with E-state index < -0.39 is 11.3 Å². The SMILES string of the molecule is CCCCCCCCCCCCCOc1ccc(-c2ccc(OC(=O)C(Cl)C(C)C)cc2)cc1. The molecule has 0 bridgehead atoms. The number of carbonyl (C=O) groups excluding carboxylic acids is 1. The van der Waals surface area contributed by atoms with Crippen LogP contribution in [0.4, 0.5) is 0 Å². The molecule has 0 saturated carbocycles. The molecule has 0 fully saturated rings. The lowest BCUT2D eigenvalue weighted by Crippen LogP contribution is -2.25. The quantitative estimate of drug-likeness (QED) is 0.0966. The maximum Gasteiger partial charge on any atom is 0.329 e. The normalized spacial score (nSPS) is 12.0. The van der Waals surface area contributed by atoms with Gasteiger partial charge in [-0.1, -0.05) is 109 Å². The first kappa shape index (κ1) is 28.2. The molecule has 188 valence electrons. The highest BCUT2D eigenvalue weighted by Gasteiger charge is 2.21. The second-order valence-electron chi connectivity index (χ2n) is 9.50. The first-order valence-electron chi connectivity index (χ1n) is 13.2. The van der Waals surface area contributed by atoms with Gasteiger partial charge in [-0.15, -0.1) is 11.6 Å². The van der Waals surface area contributed by atoms with Gasteiger partial charge in [0.05, 0.1) is 6.61 Å². The molecule has 0 heterocycles. The number of rotatable bonds is 17. The molecule has 0 saturated heterocycles. The number of alkyl halides is 1. The van der Waals surface area contributed by atoms with Crippen molar-refractivity contribution in [2.75, 3.05) is 6.61 Å². The summed E-state index contributed by atoms with van der Waals surface area (Å²) in [6, 6.07) is 15.6. The number of hydrogen-bond acceptors (Lipinski definition) is 3. The van der Waals surface area contributed by atoms with Gasteiger partial charge in [0.15, 0.2) is 0 Å². The summed E-state index contributed by atoms with van der Waals surface area (Å²) < 4.78 is 11.3. The minimum absolute atomic E-state index is 0.0316. The predicted octanol–water partition coefficient (Wildman–Crippen LogP) is 9.21. The van der Waals surface area contributed by atoms with E-state index in [1.54, 1.807) is 12.1 Å². The second kappa shape index (κ2) is 16.6. The second-order valence-corrected chi connectivity index (χ2v) is 9.97. The number of carbonyl (C=O) groups is 1. The van der Waals surface area contributed by atoms with Crippen LogP contribution in [0.25, 0.3) is 11.1 Å². The van der Waals surface area contributed by atoms with Gasteiger partial charge in [0.1, 0.15) is 16.9 Å². The van der Waals surface area contributed by atoms with Crippen LogP contribution in [-0.2, 0) is 4.79 Å². The van der Waals surface area contributed by atoms with E-state index in [4.69, 9.17) is 21.1 Å². The molecule has 1 unspecified atom stereocenters. The third kappa shape index (κ3) is 11.0. The first-order valence-corrected chi connectivity index (χ1v) is 13.6. The Morgan fingerprint density at radius 3 is 1.62 bits per heavy atom. The Balaban J connectivity index is 1.62. The fraction of sp³-hybridized carbons (Fsp3) is 0.567. The largest absolute Gasteiger partial charge is 0.494 e. The van der Waals surface area contributed by atoms with Crippen molar-refractivity contribution in [3.8, 4) is 22.6 Å². The molecule has 34 heavy (non-hydrogen) atoms. The zero-order valence-electron chi connectivity index (χ0n) is 21.4. The number of ether oxygens (including phenoxy) is 2. The molecule has 0 aromatic heterocycles. The molecule has 2 aromatic rings. The molecule has 2 rings (SSSR count). The standard InChI is InChI=1S/C30H43ClO3/c1-4-5-6-7-8-9-10-11-12-13-14-23-33-27-19-15-25(16-20-27)26-17-21-28(22-18-26)34-30(32)29(31)24(2)3/h15-22,24,29H,4-14,23H2,1-3H3. The Kier molecular flexibility index (Phi) is 13.8. The van der Waals surface area contributed by atoms with Crippen LogP contribution in [0.3, 0.4) is 0 Å². The number of hydrogen-bond donors (Lipinski definition) is 0.